The van der Waals surface area contributed by atoms with Crippen molar-refractivity contribution in [2.45, 2.75) is 45.4 Å². The van der Waals surface area contributed by atoms with E-state index in [1.54, 1.807) is 49.6 Å². The average molecular weight is 498 g/mol. The molecule has 0 spiro atoms. The highest BCUT2D eigenvalue weighted by molar-refractivity contribution is 7.91. The molecule has 1 atom stereocenters. The zero-order valence-electron chi connectivity index (χ0n) is 20.2. The molecule has 1 aromatic carbocycles. The quantitative estimate of drug-likeness (QED) is 0.539. The fraction of sp³-hybridized carbons (Fsp3) is 0.360. The van der Waals surface area contributed by atoms with Crippen LogP contribution in [0.2, 0.25) is 0 Å². The molecule has 3 aromatic rings. The standard InChI is InChI=1S/C16H19N3O4S.C9H12N2/c1-12-8-9-14(16(21)19(12)10-15(20)17-2)18-24(22,23)11-13-6-4-3-5-7-13;1-7-2-3-9-8(4-7)5-10-6-11-9/h3-9,18H,10-11H2,1-2H3,(H,17,20);5-7H,2-4H2,1H3. The van der Waals surface area contributed by atoms with Crippen LogP contribution in [-0.2, 0) is 40.0 Å². The first kappa shape index (κ1) is 26.1. The van der Waals surface area contributed by atoms with Crippen LogP contribution in [0.4, 0.5) is 5.69 Å². The lowest BCUT2D eigenvalue weighted by Gasteiger charge is -2.18. The van der Waals surface area contributed by atoms with Gasteiger partial charge >= 0.3 is 0 Å². The topological polar surface area (TPSA) is 123 Å². The molecule has 2 heterocycles. The molecule has 10 heteroatoms. The molecule has 0 saturated carbocycles. The van der Waals surface area contributed by atoms with Crippen LogP contribution in [0.1, 0.15) is 35.9 Å². The Balaban J connectivity index is 0.000000256. The van der Waals surface area contributed by atoms with E-state index in [-0.39, 0.29) is 23.9 Å². The van der Waals surface area contributed by atoms with E-state index in [4.69, 9.17) is 0 Å². The Hall–Kier alpha value is -3.53. The van der Waals surface area contributed by atoms with Gasteiger partial charge in [-0.1, -0.05) is 37.3 Å². The van der Waals surface area contributed by atoms with Gasteiger partial charge in [-0.25, -0.2) is 18.4 Å². The van der Waals surface area contributed by atoms with Crippen LogP contribution in [0, 0.1) is 12.8 Å². The maximum atomic E-state index is 12.4. The van der Waals surface area contributed by atoms with Crippen LogP contribution in [0.15, 0.2) is 59.8 Å². The number of nitrogens with one attached hydrogen (secondary N) is 2. The van der Waals surface area contributed by atoms with Gasteiger partial charge in [0.2, 0.25) is 15.9 Å². The Morgan fingerprint density at radius 2 is 1.91 bits per heavy atom. The second-order valence-electron chi connectivity index (χ2n) is 8.64. The number of pyridine rings is 1. The number of aryl methyl sites for hydroxylation is 2. The number of hydrogen-bond acceptors (Lipinski definition) is 6. The van der Waals surface area contributed by atoms with Gasteiger partial charge in [-0.3, -0.25) is 14.3 Å². The van der Waals surface area contributed by atoms with E-state index in [2.05, 4.69) is 26.9 Å². The molecular weight excluding hydrogens is 466 g/mol. The first-order chi connectivity index (χ1) is 16.7. The molecule has 0 radical (unpaired) electrons. The molecule has 1 amide bonds. The lowest BCUT2D eigenvalue weighted by Crippen LogP contribution is -2.33. The maximum Gasteiger partial charge on any atom is 0.275 e. The summed E-state index contributed by atoms with van der Waals surface area (Å²) in [4.78, 5) is 32.2. The largest absolute Gasteiger partial charge is 0.358 e. The van der Waals surface area contributed by atoms with Crippen molar-refractivity contribution < 1.29 is 13.2 Å². The Morgan fingerprint density at radius 1 is 1.17 bits per heavy atom. The van der Waals surface area contributed by atoms with Gasteiger partial charge in [-0.15, -0.1) is 0 Å². The Kier molecular flexibility index (Phi) is 8.75. The number of nitrogens with zero attached hydrogens (tertiary/aromatic N) is 3. The van der Waals surface area contributed by atoms with Crippen LogP contribution in [0.3, 0.4) is 0 Å². The zero-order chi connectivity index (χ0) is 25.4. The van der Waals surface area contributed by atoms with Gasteiger partial charge in [0.1, 0.15) is 18.6 Å². The van der Waals surface area contributed by atoms with Crippen molar-refractivity contribution in [3.05, 3.63) is 87.9 Å². The summed E-state index contributed by atoms with van der Waals surface area (Å²) in [5.41, 5.74) is 3.15. The minimum Gasteiger partial charge on any atom is -0.358 e. The number of carbonyl (C=O) groups excluding carboxylic acids is 1. The molecule has 0 bridgehead atoms. The van der Waals surface area contributed by atoms with Crippen LogP contribution in [0.25, 0.3) is 0 Å². The molecule has 2 N–H and O–H groups in total. The van der Waals surface area contributed by atoms with E-state index < -0.39 is 15.6 Å². The summed E-state index contributed by atoms with van der Waals surface area (Å²) in [6.45, 7) is 3.79. The maximum absolute atomic E-state index is 12.4. The van der Waals surface area contributed by atoms with Crippen molar-refractivity contribution in [3.8, 4) is 0 Å². The molecule has 9 nitrogen and oxygen atoms in total. The van der Waals surface area contributed by atoms with Crippen molar-refractivity contribution in [2.75, 3.05) is 11.8 Å². The van der Waals surface area contributed by atoms with Crippen molar-refractivity contribution in [2.24, 2.45) is 5.92 Å². The third-order valence-corrected chi connectivity index (χ3v) is 7.01. The summed E-state index contributed by atoms with van der Waals surface area (Å²) in [7, 11) is -2.27. The highest BCUT2D eigenvalue weighted by Crippen LogP contribution is 2.22. The highest BCUT2D eigenvalue weighted by atomic mass is 32.2. The number of benzene rings is 1. The number of aromatic nitrogens is 3. The van der Waals surface area contributed by atoms with E-state index in [1.165, 1.54) is 35.4 Å². The minimum atomic E-state index is -3.74. The number of rotatable bonds is 6. The Labute approximate surface area is 205 Å². The van der Waals surface area contributed by atoms with E-state index in [9.17, 15) is 18.0 Å². The molecule has 0 saturated heterocycles. The normalized spacial score (nSPS) is 14.8. The fourth-order valence-corrected chi connectivity index (χ4v) is 5.00. The predicted molar refractivity (Wildman–Crippen MR) is 135 cm³/mol. The lowest BCUT2D eigenvalue weighted by atomic mass is 9.89. The van der Waals surface area contributed by atoms with Crippen molar-refractivity contribution in [3.63, 3.8) is 0 Å². The molecule has 0 aliphatic heterocycles. The van der Waals surface area contributed by atoms with Gasteiger partial charge in [0, 0.05) is 24.6 Å². The van der Waals surface area contributed by atoms with Crippen LogP contribution in [-0.4, -0.2) is 35.9 Å². The molecule has 4 rings (SSSR count). The number of likely N-dealkylation sites (N-methyl/N-ethyl adjacent to an activating group) is 1. The molecule has 186 valence electrons. The van der Waals surface area contributed by atoms with Gasteiger partial charge in [0.05, 0.1) is 5.75 Å². The van der Waals surface area contributed by atoms with Crippen molar-refractivity contribution >= 4 is 21.6 Å². The van der Waals surface area contributed by atoms with E-state index >= 15 is 0 Å². The molecule has 1 aliphatic carbocycles. The number of sulfonamides is 1. The zero-order valence-corrected chi connectivity index (χ0v) is 21.0. The second-order valence-corrected chi connectivity index (χ2v) is 10.4. The monoisotopic (exact) mass is 497 g/mol. The fourth-order valence-electron chi connectivity index (χ4n) is 3.80. The highest BCUT2D eigenvalue weighted by Gasteiger charge is 2.17. The van der Waals surface area contributed by atoms with Gasteiger partial charge in [-0.2, -0.15) is 0 Å². The number of anilines is 1. The van der Waals surface area contributed by atoms with Gasteiger partial charge < -0.3 is 9.88 Å². The van der Waals surface area contributed by atoms with Crippen molar-refractivity contribution in [1.82, 2.24) is 19.9 Å². The van der Waals surface area contributed by atoms with Gasteiger partial charge in [0.25, 0.3) is 5.56 Å². The first-order valence-electron chi connectivity index (χ1n) is 11.4. The number of carbonyl (C=O) groups is 1. The van der Waals surface area contributed by atoms with Crippen LogP contribution in [0.5, 0.6) is 0 Å². The predicted octanol–water partition coefficient (Wildman–Crippen LogP) is 2.45. The number of hydrogen-bond donors (Lipinski definition) is 2. The SMILES string of the molecule is CC1CCc2ncncc2C1.CNC(=O)Cn1c(C)ccc(NS(=O)(=O)Cc2ccccc2)c1=O. The molecule has 35 heavy (non-hydrogen) atoms. The lowest BCUT2D eigenvalue weighted by molar-refractivity contribution is -0.121. The smallest absolute Gasteiger partial charge is 0.275 e. The Bertz CT molecular complexity index is 1320. The third-order valence-electron chi connectivity index (χ3n) is 5.76. The number of fused-ring (bicyclic) bond motifs is 1. The summed E-state index contributed by atoms with van der Waals surface area (Å²) in [5, 5.41) is 2.43. The molecule has 1 unspecified atom stereocenters. The number of amides is 1. The summed E-state index contributed by atoms with van der Waals surface area (Å²) in [5.74, 6) is 0.231. The van der Waals surface area contributed by atoms with Crippen LogP contribution < -0.4 is 15.6 Å². The van der Waals surface area contributed by atoms with E-state index in [0.29, 0.717) is 11.3 Å². The average Bonchev–Trinajstić information content (AvgIpc) is 2.84. The van der Waals surface area contributed by atoms with E-state index in [1.807, 2.05) is 6.20 Å². The van der Waals surface area contributed by atoms with Gasteiger partial charge in [0.15, 0.2) is 0 Å². The Morgan fingerprint density at radius 3 is 2.63 bits per heavy atom. The summed E-state index contributed by atoms with van der Waals surface area (Å²) in [6, 6.07) is 11.7. The summed E-state index contributed by atoms with van der Waals surface area (Å²) < 4.78 is 28.0. The van der Waals surface area contributed by atoms with Gasteiger partial charge in [-0.05, 0) is 55.4 Å². The summed E-state index contributed by atoms with van der Waals surface area (Å²) in [6.07, 6.45) is 7.19. The third kappa shape index (κ3) is 7.48. The van der Waals surface area contributed by atoms with Crippen LogP contribution >= 0.6 is 0 Å². The molecular formula is C25H31N5O4S. The van der Waals surface area contributed by atoms with Crippen molar-refractivity contribution in [1.29, 1.82) is 0 Å². The summed E-state index contributed by atoms with van der Waals surface area (Å²) >= 11 is 0. The molecule has 1 aliphatic rings. The van der Waals surface area contributed by atoms with E-state index in [0.717, 1.165) is 18.8 Å². The first-order valence-corrected chi connectivity index (χ1v) is 13.1. The molecule has 0 fully saturated rings. The second kappa shape index (κ2) is 11.7. The molecule has 2 aromatic heterocycles. The minimum absolute atomic E-state index is 0.0829.